The van der Waals surface area contributed by atoms with Crippen molar-refractivity contribution in [3.8, 4) is 22.8 Å². The zero-order chi connectivity index (χ0) is 26.4. The number of hydrogen-bond donors (Lipinski definition) is 1. The molecule has 5 rings (SSSR count). The molecule has 2 aromatic carbocycles. The zero-order valence-corrected chi connectivity index (χ0v) is 19.6. The highest BCUT2D eigenvalue weighted by Gasteiger charge is 2.34. The van der Waals surface area contributed by atoms with Gasteiger partial charge in [-0.25, -0.2) is 15.0 Å². The lowest BCUT2D eigenvalue weighted by Gasteiger charge is -2.13. The van der Waals surface area contributed by atoms with Gasteiger partial charge in [-0.15, -0.1) is 0 Å². The number of halogens is 6. The van der Waals surface area contributed by atoms with Crippen molar-refractivity contribution in [2.24, 2.45) is 7.05 Å². The van der Waals surface area contributed by atoms with E-state index in [4.69, 9.17) is 0 Å². The van der Waals surface area contributed by atoms with Gasteiger partial charge in [-0.2, -0.15) is 26.3 Å². The van der Waals surface area contributed by atoms with E-state index in [2.05, 4.69) is 20.3 Å². The average Bonchev–Trinajstić information content (AvgIpc) is 3.49. The van der Waals surface area contributed by atoms with Crippen LogP contribution >= 0.6 is 0 Å². The minimum absolute atomic E-state index is 0.210. The molecule has 0 fully saturated rings. The fourth-order valence-corrected chi connectivity index (χ4v) is 4.34. The van der Waals surface area contributed by atoms with Crippen LogP contribution in [0.15, 0.2) is 54.7 Å². The summed E-state index contributed by atoms with van der Waals surface area (Å²) in [5, 5.41) is 3.30. The molecule has 2 aromatic heterocycles. The van der Waals surface area contributed by atoms with Gasteiger partial charge in [0, 0.05) is 42.2 Å². The minimum atomic E-state index is -4.52. The fraction of sp³-hybridized carbons (Fsp3) is 0.269. The molecular formula is C26H21F6N5. The molecule has 37 heavy (non-hydrogen) atoms. The molecule has 0 spiro atoms. The van der Waals surface area contributed by atoms with Crippen molar-refractivity contribution < 1.29 is 26.3 Å². The van der Waals surface area contributed by atoms with Gasteiger partial charge in [-0.3, -0.25) is 0 Å². The van der Waals surface area contributed by atoms with Gasteiger partial charge in [-0.1, -0.05) is 36.4 Å². The molecule has 5 nitrogen and oxygen atoms in total. The maximum absolute atomic E-state index is 13.0. The molecule has 1 N–H and O–H groups in total. The summed E-state index contributed by atoms with van der Waals surface area (Å²) in [6.45, 7) is 0.393. The van der Waals surface area contributed by atoms with Crippen LogP contribution in [0.4, 0.5) is 32.2 Å². The Hall–Kier alpha value is -3.89. The van der Waals surface area contributed by atoms with Crippen LogP contribution in [0.5, 0.6) is 0 Å². The third-order valence-electron chi connectivity index (χ3n) is 6.24. The van der Waals surface area contributed by atoms with Gasteiger partial charge in [0.25, 0.3) is 0 Å². The molecule has 0 radical (unpaired) electrons. The summed E-state index contributed by atoms with van der Waals surface area (Å²) in [4.78, 5) is 12.9. The van der Waals surface area contributed by atoms with Gasteiger partial charge in [0.2, 0.25) is 0 Å². The van der Waals surface area contributed by atoms with E-state index in [1.165, 1.54) is 23.7 Å². The first-order valence-corrected chi connectivity index (χ1v) is 11.5. The van der Waals surface area contributed by atoms with E-state index in [9.17, 15) is 26.3 Å². The number of imidazole rings is 1. The smallest absolute Gasteiger partial charge is 0.366 e. The van der Waals surface area contributed by atoms with E-state index in [-0.39, 0.29) is 5.82 Å². The summed E-state index contributed by atoms with van der Waals surface area (Å²) in [5.74, 6) is 1.18. The normalized spacial score (nSPS) is 13.6. The molecule has 4 aromatic rings. The second kappa shape index (κ2) is 9.20. The van der Waals surface area contributed by atoms with Crippen LogP contribution in [0, 0.1) is 0 Å². The molecule has 0 amide bonds. The maximum atomic E-state index is 13.0. The van der Waals surface area contributed by atoms with Crippen LogP contribution in [0.3, 0.4) is 0 Å². The highest BCUT2D eigenvalue weighted by atomic mass is 19.4. The topological polar surface area (TPSA) is 55.6 Å². The van der Waals surface area contributed by atoms with E-state index in [0.29, 0.717) is 29.3 Å². The summed E-state index contributed by atoms with van der Waals surface area (Å²) in [5.41, 5.74) is 2.09. The monoisotopic (exact) mass is 517 g/mol. The van der Waals surface area contributed by atoms with Crippen LogP contribution in [0.2, 0.25) is 0 Å². The second-order valence-electron chi connectivity index (χ2n) is 8.86. The number of aryl methyl sites for hydroxylation is 2. The Kier molecular flexibility index (Phi) is 6.17. The quantitative estimate of drug-likeness (QED) is 0.300. The van der Waals surface area contributed by atoms with E-state index in [1.54, 1.807) is 24.3 Å². The predicted octanol–water partition coefficient (Wildman–Crippen LogP) is 6.68. The highest BCUT2D eigenvalue weighted by Crippen LogP contribution is 2.33. The summed E-state index contributed by atoms with van der Waals surface area (Å²) >= 11 is 0. The van der Waals surface area contributed by atoms with E-state index < -0.39 is 23.6 Å². The summed E-state index contributed by atoms with van der Waals surface area (Å²) in [6.07, 6.45) is -5.52. The van der Waals surface area contributed by atoms with Crippen molar-refractivity contribution in [2.45, 2.75) is 38.2 Å². The van der Waals surface area contributed by atoms with Gasteiger partial charge in [0.1, 0.15) is 11.6 Å². The molecule has 2 heterocycles. The number of alkyl halides is 6. The molecule has 11 heteroatoms. The highest BCUT2D eigenvalue weighted by molar-refractivity contribution is 5.62. The molecule has 0 unspecified atom stereocenters. The number of anilines is 1. The predicted molar refractivity (Wildman–Crippen MR) is 125 cm³/mol. The number of rotatable bonds is 5. The summed E-state index contributed by atoms with van der Waals surface area (Å²) in [6, 6.07) is 11.8. The number of fused-ring (bicyclic) bond motifs is 1. The summed E-state index contributed by atoms with van der Waals surface area (Å²) < 4.78 is 79.1. The number of nitrogens with zero attached hydrogens (tertiary/aromatic N) is 4. The van der Waals surface area contributed by atoms with Crippen LogP contribution in [0.1, 0.15) is 34.5 Å². The van der Waals surface area contributed by atoms with Crippen molar-refractivity contribution in [1.82, 2.24) is 19.5 Å². The van der Waals surface area contributed by atoms with Crippen molar-refractivity contribution in [3.63, 3.8) is 0 Å². The van der Waals surface area contributed by atoms with Crippen molar-refractivity contribution >= 4 is 5.82 Å². The first-order valence-electron chi connectivity index (χ1n) is 11.5. The van der Waals surface area contributed by atoms with E-state index >= 15 is 0 Å². The standard InChI is InChI=1S/C26H21F6N5/c1-37-14-21(26(30,31)32)35-24(37)17-7-5-15(6-8-17)13-33-23-19-3-2-4-20(19)34-22(36-23)16-9-11-18(12-10-16)25(27,28)29/h5-12,14H,2-4,13H2,1H3,(H,33,34,36). The zero-order valence-electron chi connectivity index (χ0n) is 19.6. The van der Waals surface area contributed by atoms with Crippen molar-refractivity contribution in [1.29, 1.82) is 0 Å². The van der Waals surface area contributed by atoms with Crippen LogP contribution in [-0.4, -0.2) is 19.5 Å². The van der Waals surface area contributed by atoms with Gasteiger partial charge in [0.05, 0.1) is 5.56 Å². The molecule has 0 bridgehead atoms. The molecular weight excluding hydrogens is 496 g/mol. The Morgan fingerprint density at radius 2 is 1.49 bits per heavy atom. The van der Waals surface area contributed by atoms with Gasteiger partial charge >= 0.3 is 12.4 Å². The number of nitrogens with one attached hydrogen (secondary N) is 1. The third kappa shape index (κ3) is 5.16. The molecule has 0 aliphatic heterocycles. The van der Waals surface area contributed by atoms with Gasteiger partial charge in [0.15, 0.2) is 11.5 Å². The first kappa shape index (κ1) is 24.8. The molecule has 192 valence electrons. The second-order valence-corrected chi connectivity index (χ2v) is 8.86. The molecule has 1 aliphatic rings. The van der Waals surface area contributed by atoms with Crippen LogP contribution in [0.25, 0.3) is 22.8 Å². The molecule has 0 saturated heterocycles. The fourth-order valence-electron chi connectivity index (χ4n) is 4.34. The van der Waals surface area contributed by atoms with Crippen LogP contribution < -0.4 is 5.32 Å². The number of hydrogen-bond acceptors (Lipinski definition) is 4. The number of benzene rings is 2. The summed E-state index contributed by atoms with van der Waals surface area (Å²) in [7, 11) is 1.51. The minimum Gasteiger partial charge on any atom is -0.366 e. The average molecular weight is 517 g/mol. The Labute approximate surface area is 208 Å². The lowest BCUT2D eigenvalue weighted by molar-refractivity contribution is -0.141. The van der Waals surface area contributed by atoms with Gasteiger partial charge < -0.3 is 9.88 Å². The Morgan fingerprint density at radius 3 is 2.11 bits per heavy atom. The largest absolute Gasteiger partial charge is 0.434 e. The maximum Gasteiger partial charge on any atom is 0.434 e. The van der Waals surface area contributed by atoms with Gasteiger partial charge in [-0.05, 0) is 37.0 Å². The third-order valence-corrected chi connectivity index (χ3v) is 6.24. The lowest BCUT2D eigenvalue weighted by Crippen LogP contribution is -2.08. The van der Waals surface area contributed by atoms with E-state index in [1.807, 2.05) is 0 Å². The molecule has 1 aliphatic carbocycles. The Morgan fingerprint density at radius 1 is 0.811 bits per heavy atom. The molecule has 0 saturated carbocycles. The Bertz CT molecular complexity index is 1420. The lowest BCUT2D eigenvalue weighted by atomic mass is 10.1. The first-order chi connectivity index (χ1) is 17.5. The Balaban J connectivity index is 1.35. The molecule has 0 atom stereocenters. The van der Waals surface area contributed by atoms with E-state index in [0.717, 1.165) is 54.4 Å². The van der Waals surface area contributed by atoms with Crippen molar-refractivity contribution in [3.05, 3.63) is 82.8 Å². The number of aromatic nitrogens is 4. The SMILES string of the molecule is Cn1cc(C(F)(F)F)nc1-c1ccc(CNc2nc(-c3ccc(C(F)(F)F)cc3)nc3c2CCC3)cc1. The van der Waals surface area contributed by atoms with Crippen molar-refractivity contribution in [2.75, 3.05) is 5.32 Å². The van der Waals surface area contributed by atoms with Crippen LogP contribution in [-0.2, 0) is 38.8 Å².